The van der Waals surface area contributed by atoms with Gasteiger partial charge in [-0.3, -0.25) is 9.69 Å². The summed E-state index contributed by atoms with van der Waals surface area (Å²) in [7, 11) is -3.62. The minimum absolute atomic E-state index is 0.156. The van der Waals surface area contributed by atoms with Gasteiger partial charge in [0.15, 0.2) is 0 Å². The van der Waals surface area contributed by atoms with E-state index in [4.69, 9.17) is 0 Å². The highest BCUT2D eigenvalue weighted by Gasteiger charge is 2.30. The van der Waals surface area contributed by atoms with E-state index in [1.807, 2.05) is 20.8 Å². The van der Waals surface area contributed by atoms with Crippen LogP contribution in [0.2, 0.25) is 0 Å². The molecule has 0 fully saturated rings. The van der Waals surface area contributed by atoms with Crippen LogP contribution in [-0.4, -0.2) is 55.2 Å². The molecule has 0 aromatic heterocycles. The second-order valence-corrected chi connectivity index (χ2v) is 10.9. The zero-order valence-corrected chi connectivity index (χ0v) is 20.6. The predicted molar refractivity (Wildman–Crippen MR) is 128 cm³/mol. The lowest BCUT2D eigenvalue weighted by molar-refractivity contribution is 0.0825. The first-order valence-electron chi connectivity index (χ1n) is 11.3. The molecule has 1 amide bonds. The average molecular weight is 458 g/mol. The number of sulfonamides is 1. The van der Waals surface area contributed by atoms with Crippen molar-refractivity contribution in [1.82, 2.24) is 14.5 Å². The summed E-state index contributed by atoms with van der Waals surface area (Å²) >= 11 is 0. The molecule has 3 rings (SSSR count). The van der Waals surface area contributed by atoms with E-state index in [1.165, 1.54) is 21.5 Å². The van der Waals surface area contributed by atoms with Crippen LogP contribution in [-0.2, 0) is 23.0 Å². The summed E-state index contributed by atoms with van der Waals surface area (Å²) in [5, 5.41) is 3.05. The monoisotopic (exact) mass is 457 g/mol. The summed E-state index contributed by atoms with van der Waals surface area (Å²) in [4.78, 5) is 15.6. The van der Waals surface area contributed by atoms with Crippen LogP contribution in [0.1, 0.15) is 54.7 Å². The molecule has 0 saturated carbocycles. The van der Waals surface area contributed by atoms with Gasteiger partial charge in [-0.25, -0.2) is 8.42 Å². The van der Waals surface area contributed by atoms with Crippen molar-refractivity contribution in [3.8, 4) is 0 Å². The Bertz CT molecular complexity index is 1080. The number of nitrogens with one attached hydrogen (secondary N) is 1. The molecule has 6 nitrogen and oxygen atoms in total. The molecule has 0 aliphatic carbocycles. The minimum Gasteiger partial charge on any atom is -0.350 e. The van der Waals surface area contributed by atoms with Crippen LogP contribution in [0, 0.1) is 6.92 Å². The Balaban J connectivity index is 1.73. The smallest absolute Gasteiger partial charge is 0.251 e. The van der Waals surface area contributed by atoms with E-state index < -0.39 is 10.0 Å². The second-order valence-electron chi connectivity index (χ2n) is 9.00. The van der Waals surface area contributed by atoms with Gasteiger partial charge in [0.25, 0.3) is 5.91 Å². The van der Waals surface area contributed by atoms with Gasteiger partial charge in [0.05, 0.1) is 4.90 Å². The van der Waals surface area contributed by atoms with Crippen LogP contribution in [0.15, 0.2) is 47.4 Å². The fourth-order valence-corrected chi connectivity index (χ4v) is 5.72. The fraction of sp³-hybridized carbons (Fsp3) is 0.480. The number of benzene rings is 2. The molecule has 0 saturated heterocycles. The summed E-state index contributed by atoms with van der Waals surface area (Å²) in [6.45, 7) is 12.8. The van der Waals surface area contributed by atoms with Gasteiger partial charge in [0, 0.05) is 43.8 Å². The molecule has 7 heteroatoms. The molecule has 0 spiro atoms. The number of amides is 1. The highest BCUT2D eigenvalue weighted by molar-refractivity contribution is 7.89. The molecule has 0 bridgehead atoms. The van der Waals surface area contributed by atoms with Gasteiger partial charge in [-0.15, -0.1) is 0 Å². The molecule has 1 aliphatic rings. The van der Waals surface area contributed by atoms with Gasteiger partial charge in [0.1, 0.15) is 0 Å². The SMILES string of the molecule is CCN(CC)S(=O)(=O)c1ccc(C)c(C(=O)NCC(C)(C)N2CCc3ccccc3C2)c1. The zero-order chi connectivity index (χ0) is 23.5. The number of hydrogen-bond acceptors (Lipinski definition) is 4. The molecular formula is C25H35N3O3S. The molecule has 2 aromatic carbocycles. The van der Waals surface area contributed by atoms with Crippen molar-refractivity contribution in [3.63, 3.8) is 0 Å². The third-order valence-electron chi connectivity index (χ3n) is 6.47. The number of carbonyl (C=O) groups is 1. The maximum Gasteiger partial charge on any atom is 0.251 e. The molecular weight excluding hydrogens is 422 g/mol. The van der Waals surface area contributed by atoms with Crippen molar-refractivity contribution in [3.05, 3.63) is 64.7 Å². The standard InChI is InChI=1S/C25H35N3O3S/c1-6-28(7-2)32(30,31)22-13-12-19(3)23(16-22)24(29)26-18-25(4,5)27-15-14-20-10-8-9-11-21(20)17-27/h8-13,16H,6-7,14-15,17-18H2,1-5H3,(H,26,29). The van der Waals surface area contributed by atoms with E-state index in [0.29, 0.717) is 25.2 Å². The Kier molecular flexibility index (Phi) is 7.43. The van der Waals surface area contributed by atoms with E-state index in [9.17, 15) is 13.2 Å². The third-order valence-corrected chi connectivity index (χ3v) is 8.51. The first kappa shape index (κ1) is 24.4. The summed E-state index contributed by atoms with van der Waals surface area (Å²) in [6.07, 6.45) is 0.998. The van der Waals surface area contributed by atoms with E-state index in [1.54, 1.807) is 12.1 Å². The van der Waals surface area contributed by atoms with Crippen LogP contribution in [0.5, 0.6) is 0 Å². The lowest BCUT2D eigenvalue weighted by Crippen LogP contribution is -2.53. The van der Waals surface area contributed by atoms with Gasteiger partial charge < -0.3 is 5.32 Å². The van der Waals surface area contributed by atoms with Crippen LogP contribution >= 0.6 is 0 Å². The molecule has 1 N–H and O–H groups in total. The van der Waals surface area contributed by atoms with E-state index >= 15 is 0 Å². The van der Waals surface area contributed by atoms with Crippen molar-refractivity contribution in [2.75, 3.05) is 26.2 Å². The molecule has 1 heterocycles. The normalized spacial score (nSPS) is 14.9. The first-order valence-corrected chi connectivity index (χ1v) is 12.7. The van der Waals surface area contributed by atoms with Crippen LogP contribution in [0.4, 0.5) is 0 Å². The zero-order valence-electron chi connectivity index (χ0n) is 19.8. The van der Waals surface area contributed by atoms with E-state index in [2.05, 4.69) is 48.3 Å². The van der Waals surface area contributed by atoms with E-state index in [-0.39, 0.29) is 16.3 Å². The highest BCUT2D eigenvalue weighted by atomic mass is 32.2. The summed E-state index contributed by atoms with van der Waals surface area (Å²) < 4.78 is 27.2. The molecule has 32 heavy (non-hydrogen) atoms. The molecule has 0 radical (unpaired) electrons. The third kappa shape index (κ3) is 5.05. The average Bonchev–Trinajstić information content (AvgIpc) is 2.78. The maximum atomic E-state index is 13.0. The van der Waals surface area contributed by atoms with E-state index in [0.717, 1.165) is 25.1 Å². The predicted octanol–water partition coefficient (Wildman–Crippen LogP) is 3.59. The van der Waals surface area contributed by atoms with Crippen LogP contribution in [0.3, 0.4) is 0 Å². The largest absolute Gasteiger partial charge is 0.350 e. The Morgan fingerprint density at radius 2 is 1.75 bits per heavy atom. The van der Waals surface area contributed by atoms with Crippen molar-refractivity contribution in [1.29, 1.82) is 0 Å². The van der Waals surface area contributed by atoms with Crippen molar-refractivity contribution in [2.24, 2.45) is 0 Å². The van der Waals surface area contributed by atoms with Gasteiger partial charge in [-0.2, -0.15) is 4.31 Å². The highest BCUT2D eigenvalue weighted by Crippen LogP contribution is 2.25. The molecule has 1 aliphatic heterocycles. The number of hydrogen-bond donors (Lipinski definition) is 1. The van der Waals surface area contributed by atoms with Crippen LogP contribution in [0.25, 0.3) is 0 Å². The van der Waals surface area contributed by atoms with Crippen LogP contribution < -0.4 is 5.32 Å². The molecule has 174 valence electrons. The Hall–Kier alpha value is -2.22. The number of nitrogens with zero attached hydrogens (tertiary/aromatic N) is 2. The number of aryl methyl sites for hydroxylation is 1. The van der Waals surface area contributed by atoms with Gasteiger partial charge in [0.2, 0.25) is 10.0 Å². The Morgan fingerprint density at radius 3 is 2.41 bits per heavy atom. The Labute approximate surface area is 192 Å². The fourth-order valence-electron chi connectivity index (χ4n) is 4.23. The molecule has 2 aromatic rings. The van der Waals surface area contributed by atoms with Crippen molar-refractivity contribution < 1.29 is 13.2 Å². The molecule has 0 unspecified atom stereocenters. The minimum atomic E-state index is -3.62. The number of fused-ring (bicyclic) bond motifs is 1. The van der Waals surface area contributed by atoms with Crippen molar-refractivity contribution in [2.45, 2.75) is 58.0 Å². The lowest BCUT2D eigenvalue weighted by Gasteiger charge is -2.41. The topological polar surface area (TPSA) is 69.7 Å². The second kappa shape index (κ2) is 9.73. The quantitative estimate of drug-likeness (QED) is 0.658. The Morgan fingerprint density at radius 1 is 1.09 bits per heavy atom. The number of rotatable bonds is 8. The van der Waals surface area contributed by atoms with Gasteiger partial charge in [-0.05, 0) is 56.0 Å². The summed E-state index contributed by atoms with van der Waals surface area (Å²) in [5.41, 5.74) is 3.65. The maximum absolute atomic E-state index is 13.0. The van der Waals surface area contributed by atoms with Gasteiger partial charge in [-0.1, -0.05) is 44.2 Å². The number of carbonyl (C=O) groups excluding carboxylic acids is 1. The summed E-state index contributed by atoms with van der Waals surface area (Å²) in [6, 6.07) is 13.3. The summed E-state index contributed by atoms with van der Waals surface area (Å²) in [5.74, 6) is -0.246. The van der Waals surface area contributed by atoms with Gasteiger partial charge >= 0.3 is 0 Å². The lowest BCUT2D eigenvalue weighted by atomic mass is 9.94. The first-order chi connectivity index (χ1) is 15.1. The van der Waals surface area contributed by atoms with Crippen molar-refractivity contribution >= 4 is 15.9 Å². The molecule has 0 atom stereocenters.